The summed E-state index contributed by atoms with van der Waals surface area (Å²) in [7, 11) is 2.16. The molecule has 2 amide bonds. The highest BCUT2D eigenvalue weighted by atomic mass is 35.5. The van der Waals surface area contributed by atoms with Gasteiger partial charge in [0, 0.05) is 10.9 Å². The van der Waals surface area contributed by atoms with Gasteiger partial charge in [0.1, 0.15) is 5.58 Å². The lowest BCUT2D eigenvalue weighted by molar-refractivity contribution is 0.255. The van der Waals surface area contributed by atoms with Gasteiger partial charge in [-0.25, -0.2) is 4.79 Å². The first-order chi connectivity index (χ1) is 12.6. The first-order valence-corrected chi connectivity index (χ1v) is 8.98. The predicted octanol–water partition coefficient (Wildman–Crippen LogP) is 4.88. The SMILES string of the molecule is CN1CCC(c2coc3ccc(N(C(N)=O)c4ccccc4)cc23)CC1.Cl. The molecule has 1 saturated heterocycles. The number of fused-ring (bicyclic) bond motifs is 1. The molecular weight excluding hydrogens is 362 g/mol. The molecule has 0 atom stereocenters. The van der Waals surface area contributed by atoms with Gasteiger partial charge in [0.15, 0.2) is 0 Å². The van der Waals surface area contributed by atoms with Gasteiger partial charge in [-0.15, -0.1) is 12.4 Å². The number of anilines is 2. The van der Waals surface area contributed by atoms with E-state index in [0.717, 1.165) is 48.3 Å². The lowest BCUT2D eigenvalue weighted by atomic mass is 9.89. The Balaban J connectivity index is 0.00000210. The maximum Gasteiger partial charge on any atom is 0.323 e. The fourth-order valence-corrected chi connectivity index (χ4v) is 3.79. The van der Waals surface area contributed by atoms with Crippen molar-refractivity contribution in [3.8, 4) is 0 Å². The molecule has 27 heavy (non-hydrogen) atoms. The van der Waals surface area contributed by atoms with Gasteiger partial charge in [-0.1, -0.05) is 18.2 Å². The van der Waals surface area contributed by atoms with E-state index in [9.17, 15) is 4.79 Å². The number of benzene rings is 2. The average molecular weight is 386 g/mol. The zero-order chi connectivity index (χ0) is 18.1. The maximum absolute atomic E-state index is 12.1. The van der Waals surface area contributed by atoms with Crippen molar-refractivity contribution in [1.82, 2.24) is 4.90 Å². The molecule has 1 aromatic heterocycles. The molecule has 0 aliphatic carbocycles. The number of rotatable bonds is 3. The van der Waals surface area contributed by atoms with Crippen molar-refractivity contribution in [2.75, 3.05) is 25.0 Å². The van der Waals surface area contributed by atoms with E-state index < -0.39 is 6.03 Å². The molecule has 2 N–H and O–H groups in total. The third kappa shape index (κ3) is 3.80. The summed E-state index contributed by atoms with van der Waals surface area (Å²) in [5.41, 5.74) is 9.26. The van der Waals surface area contributed by atoms with E-state index in [0.29, 0.717) is 5.92 Å². The zero-order valence-electron chi connectivity index (χ0n) is 15.3. The number of amides is 2. The molecule has 0 saturated carbocycles. The topological polar surface area (TPSA) is 62.7 Å². The summed E-state index contributed by atoms with van der Waals surface area (Å²) < 4.78 is 5.78. The Morgan fingerprint density at radius 3 is 2.48 bits per heavy atom. The third-order valence-corrected chi connectivity index (χ3v) is 5.24. The summed E-state index contributed by atoms with van der Waals surface area (Å²) in [5.74, 6) is 0.487. The van der Waals surface area contributed by atoms with E-state index in [1.165, 1.54) is 10.5 Å². The number of halogens is 1. The van der Waals surface area contributed by atoms with Gasteiger partial charge in [0.2, 0.25) is 0 Å². The van der Waals surface area contributed by atoms with Crippen LogP contribution in [0.15, 0.2) is 59.2 Å². The summed E-state index contributed by atoms with van der Waals surface area (Å²) in [6, 6.07) is 14.8. The number of furan rings is 1. The quantitative estimate of drug-likeness (QED) is 0.698. The number of nitrogens with two attached hydrogens (primary N) is 1. The number of carbonyl (C=O) groups is 1. The van der Waals surface area contributed by atoms with Gasteiger partial charge in [-0.3, -0.25) is 4.90 Å². The van der Waals surface area contributed by atoms with Crippen LogP contribution in [-0.2, 0) is 0 Å². The Labute approximate surface area is 165 Å². The maximum atomic E-state index is 12.1. The lowest BCUT2D eigenvalue weighted by Gasteiger charge is -2.28. The molecule has 142 valence electrons. The second-order valence-electron chi connectivity index (χ2n) is 6.96. The highest BCUT2D eigenvalue weighted by molar-refractivity contribution is 6.00. The Hall–Kier alpha value is -2.50. The highest BCUT2D eigenvalue weighted by Gasteiger charge is 2.23. The summed E-state index contributed by atoms with van der Waals surface area (Å²) in [6.45, 7) is 2.18. The summed E-state index contributed by atoms with van der Waals surface area (Å²) in [5, 5.41) is 1.07. The second-order valence-corrected chi connectivity index (χ2v) is 6.96. The number of carbonyl (C=O) groups excluding carboxylic acids is 1. The smallest absolute Gasteiger partial charge is 0.323 e. The minimum atomic E-state index is -0.500. The highest BCUT2D eigenvalue weighted by Crippen LogP contribution is 2.37. The lowest BCUT2D eigenvalue weighted by Crippen LogP contribution is -2.31. The Morgan fingerprint density at radius 2 is 1.81 bits per heavy atom. The molecular formula is C21H24ClN3O2. The Morgan fingerprint density at radius 1 is 1.11 bits per heavy atom. The number of hydrogen-bond acceptors (Lipinski definition) is 3. The van der Waals surface area contributed by atoms with Crippen molar-refractivity contribution in [2.24, 2.45) is 5.73 Å². The predicted molar refractivity (Wildman–Crippen MR) is 111 cm³/mol. The molecule has 2 heterocycles. The van der Waals surface area contributed by atoms with Crippen LogP contribution >= 0.6 is 12.4 Å². The molecule has 4 rings (SSSR count). The van der Waals surface area contributed by atoms with Crippen LogP contribution < -0.4 is 10.6 Å². The average Bonchev–Trinajstić information content (AvgIpc) is 3.06. The first-order valence-electron chi connectivity index (χ1n) is 8.98. The number of nitrogens with zero attached hydrogens (tertiary/aromatic N) is 2. The van der Waals surface area contributed by atoms with Crippen molar-refractivity contribution in [1.29, 1.82) is 0 Å². The molecule has 0 radical (unpaired) electrons. The molecule has 1 aliphatic rings. The van der Waals surface area contributed by atoms with Crippen LogP contribution in [0.1, 0.15) is 24.3 Å². The molecule has 1 fully saturated rings. The van der Waals surface area contributed by atoms with Crippen molar-refractivity contribution < 1.29 is 9.21 Å². The van der Waals surface area contributed by atoms with Crippen LogP contribution in [0.3, 0.4) is 0 Å². The number of hydrogen-bond donors (Lipinski definition) is 1. The van der Waals surface area contributed by atoms with E-state index in [-0.39, 0.29) is 12.4 Å². The van der Waals surface area contributed by atoms with Crippen LogP contribution in [0.25, 0.3) is 11.0 Å². The molecule has 6 heteroatoms. The normalized spacial score (nSPS) is 15.4. The van der Waals surface area contributed by atoms with Crippen LogP contribution in [0.5, 0.6) is 0 Å². The van der Waals surface area contributed by atoms with Crippen molar-refractivity contribution >= 4 is 40.8 Å². The molecule has 1 aliphatic heterocycles. The van der Waals surface area contributed by atoms with Gasteiger partial charge in [-0.2, -0.15) is 0 Å². The largest absolute Gasteiger partial charge is 0.464 e. The molecule has 0 bridgehead atoms. The second kappa shape index (κ2) is 8.03. The van der Waals surface area contributed by atoms with Crippen molar-refractivity contribution in [3.63, 3.8) is 0 Å². The summed E-state index contributed by atoms with van der Waals surface area (Å²) >= 11 is 0. The standard InChI is InChI=1S/C21H23N3O2.ClH/c1-23-11-9-15(10-12-23)19-14-26-20-8-7-17(13-18(19)20)24(21(22)25)16-5-3-2-4-6-16;/h2-8,13-15H,9-12H2,1H3,(H2,22,25);1H. The Bertz CT molecular complexity index is 918. The zero-order valence-corrected chi connectivity index (χ0v) is 16.1. The van der Waals surface area contributed by atoms with Crippen LogP contribution in [0.2, 0.25) is 0 Å². The van der Waals surface area contributed by atoms with Crippen molar-refractivity contribution in [3.05, 3.63) is 60.4 Å². The first kappa shape index (κ1) is 19.3. The molecule has 2 aromatic carbocycles. The molecule has 0 spiro atoms. The van der Waals surface area contributed by atoms with Gasteiger partial charge in [-0.05, 0) is 69.2 Å². The van der Waals surface area contributed by atoms with E-state index >= 15 is 0 Å². The minimum absolute atomic E-state index is 0. The van der Waals surface area contributed by atoms with Crippen LogP contribution in [0, 0.1) is 0 Å². The number of piperidine rings is 1. The van der Waals surface area contributed by atoms with Gasteiger partial charge >= 0.3 is 6.03 Å². The molecule has 0 unspecified atom stereocenters. The summed E-state index contributed by atoms with van der Waals surface area (Å²) in [6.07, 6.45) is 4.11. The van der Waals surface area contributed by atoms with Gasteiger partial charge in [0.25, 0.3) is 0 Å². The number of para-hydroxylation sites is 1. The molecule has 3 aromatic rings. The third-order valence-electron chi connectivity index (χ3n) is 5.24. The minimum Gasteiger partial charge on any atom is -0.464 e. The van der Waals surface area contributed by atoms with E-state index in [1.54, 1.807) is 0 Å². The van der Waals surface area contributed by atoms with E-state index in [4.69, 9.17) is 10.2 Å². The monoisotopic (exact) mass is 385 g/mol. The van der Waals surface area contributed by atoms with E-state index in [1.807, 2.05) is 54.8 Å². The van der Waals surface area contributed by atoms with Crippen LogP contribution in [0.4, 0.5) is 16.2 Å². The number of likely N-dealkylation sites (tertiary alicyclic amines) is 1. The van der Waals surface area contributed by atoms with Crippen molar-refractivity contribution in [2.45, 2.75) is 18.8 Å². The van der Waals surface area contributed by atoms with E-state index in [2.05, 4.69) is 11.9 Å². The summed E-state index contributed by atoms with van der Waals surface area (Å²) in [4.78, 5) is 16.0. The fourth-order valence-electron chi connectivity index (χ4n) is 3.79. The van der Waals surface area contributed by atoms with Gasteiger partial charge < -0.3 is 15.1 Å². The van der Waals surface area contributed by atoms with Gasteiger partial charge in [0.05, 0.1) is 17.6 Å². The Kier molecular flexibility index (Phi) is 5.73. The van der Waals surface area contributed by atoms with Crippen LogP contribution in [-0.4, -0.2) is 31.1 Å². The number of primary amides is 1. The number of urea groups is 1. The fraction of sp³-hybridized carbons (Fsp3) is 0.286. The molecule has 5 nitrogen and oxygen atoms in total.